The molecule has 162 valence electrons. The summed E-state index contributed by atoms with van der Waals surface area (Å²) in [5.74, 6) is 0.342. The summed E-state index contributed by atoms with van der Waals surface area (Å²) in [5, 5.41) is 2.07. The van der Waals surface area contributed by atoms with Gasteiger partial charge in [-0.2, -0.15) is 0 Å². The fourth-order valence-electron chi connectivity index (χ4n) is 3.98. The van der Waals surface area contributed by atoms with E-state index in [1.165, 1.54) is 10.4 Å². The van der Waals surface area contributed by atoms with Crippen LogP contribution in [-0.2, 0) is 9.53 Å². The number of carbonyl (C=O) groups excluding carboxylic acids is 2. The van der Waals surface area contributed by atoms with Gasteiger partial charge >= 0.3 is 6.09 Å². The normalized spacial score (nSPS) is 17.1. The fraction of sp³-hybridized carbons (Fsp3) is 0.348. The second-order valence-corrected chi connectivity index (χ2v) is 8.98. The van der Waals surface area contributed by atoms with Crippen LogP contribution in [0.3, 0.4) is 0 Å². The van der Waals surface area contributed by atoms with Gasteiger partial charge in [0.25, 0.3) is 5.91 Å². The number of amides is 2. The van der Waals surface area contributed by atoms with Crippen LogP contribution in [0.15, 0.2) is 48.0 Å². The minimum absolute atomic E-state index is 0.171. The van der Waals surface area contributed by atoms with Gasteiger partial charge in [0.1, 0.15) is 5.82 Å². The molecule has 0 spiro atoms. The fourth-order valence-corrected chi connectivity index (χ4v) is 4.72. The summed E-state index contributed by atoms with van der Waals surface area (Å²) in [6.45, 7) is 4.27. The van der Waals surface area contributed by atoms with E-state index in [0.29, 0.717) is 6.54 Å². The van der Waals surface area contributed by atoms with E-state index < -0.39 is 12.2 Å². The maximum Gasteiger partial charge on any atom is 0.405 e. The molecule has 0 radical (unpaired) electrons. The average Bonchev–Trinajstić information content (AvgIpc) is 3.52. The number of primary amides is 1. The van der Waals surface area contributed by atoms with Crippen molar-refractivity contribution < 1.29 is 14.3 Å². The van der Waals surface area contributed by atoms with Crippen molar-refractivity contribution in [1.29, 1.82) is 0 Å². The van der Waals surface area contributed by atoms with Crippen LogP contribution in [0.2, 0.25) is 0 Å². The summed E-state index contributed by atoms with van der Waals surface area (Å²) in [5.41, 5.74) is 8.29. The summed E-state index contributed by atoms with van der Waals surface area (Å²) >= 11 is 1.71. The van der Waals surface area contributed by atoms with Crippen LogP contribution in [0.4, 0.5) is 4.79 Å². The van der Waals surface area contributed by atoms with Crippen molar-refractivity contribution in [2.75, 3.05) is 6.54 Å². The van der Waals surface area contributed by atoms with Crippen molar-refractivity contribution in [3.05, 3.63) is 53.8 Å². The third-order valence-corrected chi connectivity index (χ3v) is 6.46. The molecule has 1 fully saturated rings. The molecule has 1 aliphatic heterocycles. The zero-order valence-corrected chi connectivity index (χ0v) is 18.4. The Morgan fingerprint density at radius 1 is 1.23 bits per heavy atom. The topological polar surface area (TPSA) is 101 Å². The summed E-state index contributed by atoms with van der Waals surface area (Å²) in [6.07, 6.45) is 1.64. The number of H-pyrrole nitrogens is 1. The van der Waals surface area contributed by atoms with Gasteiger partial charge < -0.3 is 20.4 Å². The first kappa shape index (κ1) is 21.1. The highest BCUT2D eigenvalue weighted by Gasteiger charge is 2.38. The number of hydrogen-bond acceptors (Lipinski definition) is 5. The molecule has 7 nitrogen and oxygen atoms in total. The average molecular weight is 439 g/mol. The number of imidazole rings is 1. The van der Waals surface area contributed by atoms with Crippen LogP contribution in [0, 0.1) is 5.92 Å². The van der Waals surface area contributed by atoms with Gasteiger partial charge in [-0.25, -0.2) is 9.78 Å². The molecular formula is C23H26N4O3S. The van der Waals surface area contributed by atoms with Crippen LogP contribution in [0.5, 0.6) is 0 Å². The lowest BCUT2D eigenvalue weighted by molar-refractivity contribution is -0.143. The Hall–Kier alpha value is -3.13. The number of nitrogens with one attached hydrogen (secondary N) is 1. The maximum absolute atomic E-state index is 13.1. The Morgan fingerprint density at radius 2 is 1.97 bits per heavy atom. The van der Waals surface area contributed by atoms with E-state index in [9.17, 15) is 9.59 Å². The molecule has 1 aliphatic rings. The van der Waals surface area contributed by atoms with E-state index in [1.54, 1.807) is 22.4 Å². The van der Waals surface area contributed by atoms with Crippen LogP contribution >= 0.6 is 11.3 Å². The molecule has 1 saturated heterocycles. The highest BCUT2D eigenvalue weighted by atomic mass is 32.1. The zero-order chi connectivity index (χ0) is 22.0. The molecule has 0 saturated carbocycles. The number of aromatic amines is 1. The van der Waals surface area contributed by atoms with Gasteiger partial charge in [-0.05, 0) is 41.3 Å². The predicted octanol–water partition coefficient (Wildman–Crippen LogP) is 4.59. The van der Waals surface area contributed by atoms with Crippen molar-refractivity contribution in [3.63, 3.8) is 0 Å². The van der Waals surface area contributed by atoms with E-state index in [1.807, 2.05) is 19.9 Å². The molecule has 3 heterocycles. The molecule has 4 rings (SSSR count). The van der Waals surface area contributed by atoms with Crippen LogP contribution in [0.25, 0.3) is 21.7 Å². The third kappa shape index (κ3) is 4.49. The zero-order valence-electron chi connectivity index (χ0n) is 17.6. The molecule has 31 heavy (non-hydrogen) atoms. The van der Waals surface area contributed by atoms with Crippen LogP contribution in [0.1, 0.15) is 38.6 Å². The van der Waals surface area contributed by atoms with Crippen molar-refractivity contribution >= 4 is 23.3 Å². The van der Waals surface area contributed by atoms with Crippen molar-refractivity contribution in [2.24, 2.45) is 11.7 Å². The highest BCUT2D eigenvalue weighted by molar-refractivity contribution is 7.13. The number of thiophene rings is 1. The minimum Gasteiger partial charge on any atom is -0.436 e. The summed E-state index contributed by atoms with van der Waals surface area (Å²) in [7, 11) is 0. The quantitative estimate of drug-likeness (QED) is 0.588. The van der Waals surface area contributed by atoms with Gasteiger partial charge in [0.05, 0.1) is 17.9 Å². The Kier molecular flexibility index (Phi) is 6.08. The predicted molar refractivity (Wildman–Crippen MR) is 120 cm³/mol. The van der Waals surface area contributed by atoms with Gasteiger partial charge in [-0.15, -0.1) is 11.3 Å². The summed E-state index contributed by atoms with van der Waals surface area (Å²) < 4.78 is 5.10. The first-order valence-electron chi connectivity index (χ1n) is 10.4. The van der Waals surface area contributed by atoms with E-state index in [-0.39, 0.29) is 17.9 Å². The second kappa shape index (κ2) is 8.93. The molecule has 0 aliphatic carbocycles. The third-order valence-electron chi connectivity index (χ3n) is 5.54. The maximum atomic E-state index is 13.1. The SMILES string of the molecule is CC(C)[C@@H](OC(N)=O)C(=O)N1CCC[C@@H]1c1ncc(-c2ccc(-c3cccs3)cc2)[nH]1. The standard InChI is InChI=1S/C23H26N4O3S/c1-14(2)20(30-23(24)29)22(28)27-11-3-5-18(27)21-25-13-17(26-21)15-7-9-16(10-8-15)19-6-4-12-31-19/h4,6-10,12-14,18,20H,3,5,11H2,1-2H3,(H2,24,29)(H,25,26)/t18-,20-/m1/s1. The molecule has 1 aromatic carbocycles. The molecule has 3 aromatic rings. The number of aromatic nitrogens is 2. The Balaban J connectivity index is 1.52. The van der Waals surface area contributed by atoms with E-state index in [4.69, 9.17) is 10.5 Å². The van der Waals surface area contributed by atoms with E-state index >= 15 is 0 Å². The molecule has 0 bridgehead atoms. The Labute approximate surface area is 185 Å². The number of benzene rings is 1. The number of carbonyl (C=O) groups is 2. The number of ether oxygens (including phenoxy) is 1. The van der Waals surface area contributed by atoms with Gasteiger partial charge in [0.2, 0.25) is 0 Å². The second-order valence-electron chi connectivity index (χ2n) is 8.03. The van der Waals surface area contributed by atoms with Gasteiger partial charge in [0.15, 0.2) is 6.10 Å². The molecular weight excluding hydrogens is 412 g/mol. The van der Waals surface area contributed by atoms with Crippen LogP contribution < -0.4 is 5.73 Å². The minimum atomic E-state index is -0.936. The Bertz CT molecular complexity index is 1040. The van der Waals surface area contributed by atoms with Crippen molar-refractivity contribution in [2.45, 2.75) is 38.8 Å². The highest BCUT2D eigenvalue weighted by Crippen LogP contribution is 2.33. The molecule has 2 amide bonds. The molecule has 8 heteroatoms. The first-order valence-corrected chi connectivity index (χ1v) is 11.3. The lowest BCUT2D eigenvalue weighted by atomic mass is 10.1. The summed E-state index contributed by atoms with van der Waals surface area (Å²) in [6, 6.07) is 12.3. The Morgan fingerprint density at radius 3 is 2.61 bits per heavy atom. The number of hydrogen-bond donors (Lipinski definition) is 2. The first-order chi connectivity index (χ1) is 14.9. The molecule has 2 aromatic heterocycles. The lowest BCUT2D eigenvalue weighted by Crippen LogP contribution is -2.44. The van der Waals surface area contributed by atoms with Gasteiger partial charge in [-0.3, -0.25) is 4.79 Å². The number of nitrogens with zero attached hydrogens (tertiary/aromatic N) is 2. The van der Waals surface area contributed by atoms with E-state index in [0.717, 1.165) is 29.9 Å². The lowest BCUT2D eigenvalue weighted by Gasteiger charge is -2.29. The monoisotopic (exact) mass is 438 g/mol. The number of likely N-dealkylation sites (tertiary alicyclic amines) is 1. The molecule has 3 N–H and O–H groups in total. The summed E-state index contributed by atoms with van der Waals surface area (Å²) in [4.78, 5) is 35.3. The van der Waals surface area contributed by atoms with E-state index in [2.05, 4.69) is 45.7 Å². The molecule has 0 unspecified atom stereocenters. The van der Waals surface area contributed by atoms with Crippen molar-refractivity contribution in [3.8, 4) is 21.7 Å². The smallest absolute Gasteiger partial charge is 0.405 e. The largest absolute Gasteiger partial charge is 0.436 e. The number of rotatable bonds is 6. The van der Waals surface area contributed by atoms with Crippen molar-refractivity contribution in [1.82, 2.24) is 14.9 Å². The van der Waals surface area contributed by atoms with Gasteiger partial charge in [0, 0.05) is 11.4 Å². The van der Waals surface area contributed by atoms with Gasteiger partial charge in [-0.1, -0.05) is 44.2 Å². The van der Waals surface area contributed by atoms with Crippen LogP contribution in [-0.4, -0.2) is 39.5 Å². The number of nitrogens with two attached hydrogens (primary N) is 1. The molecule has 2 atom stereocenters.